The zero-order chi connectivity index (χ0) is 20.7. The molecule has 2 aromatic heterocycles. The number of aromatic nitrogens is 1. The third-order valence-corrected chi connectivity index (χ3v) is 6.22. The quantitative estimate of drug-likeness (QED) is 0.654. The monoisotopic (exact) mass is 395 g/mol. The molecule has 1 N–H and O–H groups in total. The van der Waals surface area contributed by atoms with E-state index in [0.717, 1.165) is 34.9 Å². The second-order valence-corrected chi connectivity index (χ2v) is 9.24. The topological polar surface area (TPSA) is 72.4 Å². The number of carbonyl (C=O) groups is 1. The highest BCUT2D eigenvalue weighted by Crippen LogP contribution is 2.50. The number of hydrogen-bond donors (Lipinski definition) is 1. The van der Waals surface area contributed by atoms with Crippen molar-refractivity contribution < 1.29 is 18.7 Å². The number of nitrogens with zero attached hydrogens (tertiary/aromatic N) is 1. The Kier molecular flexibility index (Phi) is 3.64. The van der Waals surface area contributed by atoms with Gasteiger partial charge < -0.3 is 14.1 Å². The number of fused-ring (bicyclic) bond motifs is 5. The van der Waals surface area contributed by atoms with Crippen LogP contribution in [0.4, 0.5) is 4.39 Å². The molecule has 1 aromatic carbocycles. The lowest BCUT2D eigenvalue weighted by Gasteiger charge is -2.37. The van der Waals surface area contributed by atoms with Crippen LogP contribution in [0.5, 0.6) is 0 Å². The van der Waals surface area contributed by atoms with E-state index >= 15 is 4.39 Å². The summed E-state index contributed by atoms with van der Waals surface area (Å²) in [6.07, 6.45) is 4.08. The van der Waals surface area contributed by atoms with Crippen molar-refractivity contribution >= 4 is 16.9 Å². The molecular formula is C23H22FNO4. The minimum absolute atomic E-state index is 0.0547. The van der Waals surface area contributed by atoms with Crippen molar-refractivity contribution in [3.63, 3.8) is 0 Å². The summed E-state index contributed by atoms with van der Waals surface area (Å²) in [6, 6.07) is 5.82. The number of carboxylic acids is 1. The molecule has 0 radical (unpaired) electrons. The van der Waals surface area contributed by atoms with Crippen LogP contribution >= 0.6 is 0 Å². The van der Waals surface area contributed by atoms with Crippen molar-refractivity contribution in [2.45, 2.75) is 52.0 Å². The summed E-state index contributed by atoms with van der Waals surface area (Å²) in [4.78, 5) is 24.0. The van der Waals surface area contributed by atoms with Crippen LogP contribution in [0.1, 0.15) is 67.1 Å². The molecule has 0 spiro atoms. The van der Waals surface area contributed by atoms with Gasteiger partial charge in [0, 0.05) is 23.2 Å². The summed E-state index contributed by atoms with van der Waals surface area (Å²) in [5.41, 5.74) is 0.881. The number of para-hydroxylation sites is 1. The van der Waals surface area contributed by atoms with Gasteiger partial charge in [-0.2, -0.15) is 0 Å². The molecule has 1 aliphatic heterocycles. The van der Waals surface area contributed by atoms with E-state index in [2.05, 4.69) is 0 Å². The van der Waals surface area contributed by atoms with E-state index in [9.17, 15) is 14.7 Å². The number of aromatic carboxylic acids is 1. The van der Waals surface area contributed by atoms with Gasteiger partial charge in [0.15, 0.2) is 11.6 Å². The molecule has 3 aromatic rings. The Labute approximate surface area is 166 Å². The summed E-state index contributed by atoms with van der Waals surface area (Å²) < 4.78 is 23.1. The Balaban J connectivity index is 1.87. The molecule has 5 rings (SSSR count). The lowest BCUT2D eigenvalue weighted by atomic mass is 9.79. The van der Waals surface area contributed by atoms with Crippen LogP contribution in [-0.4, -0.2) is 15.6 Å². The van der Waals surface area contributed by atoms with Crippen LogP contribution in [0.15, 0.2) is 33.6 Å². The van der Waals surface area contributed by atoms with E-state index in [1.807, 2.05) is 39.0 Å². The molecule has 1 saturated carbocycles. The van der Waals surface area contributed by atoms with Crippen molar-refractivity contribution in [1.82, 2.24) is 4.57 Å². The maximum absolute atomic E-state index is 15.3. The number of furan rings is 1. The lowest BCUT2D eigenvalue weighted by Crippen LogP contribution is -2.34. The Morgan fingerprint density at radius 2 is 2.00 bits per heavy atom. The first-order valence-corrected chi connectivity index (χ1v) is 9.91. The van der Waals surface area contributed by atoms with Crippen molar-refractivity contribution in [1.29, 1.82) is 0 Å². The summed E-state index contributed by atoms with van der Waals surface area (Å²) in [6.45, 7) is 6.09. The fourth-order valence-electron chi connectivity index (χ4n) is 4.53. The Bertz CT molecular complexity index is 1240. The van der Waals surface area contributed by atoms with Crippen molar-refractivity contribution in [2.24, 2.45) is 5.41 Å². The van der Waals surface area contributed by atoms with Crippen LogP contribution in [0, 0.1) is 11.2 Å². The summed E-state index contributed by atoms with van der Waals surface area (Å²) >= 11 is 0. The van der Waals surface area contributed by atoms with Gasteiger partial charge in [-0.15, -0.1) is 0 Å². The first-order chi connectivity index (χ1) is 13.7. The van der Waals surface area contributed by atoms with Gasteiger partial charge in [0.2, 0.25) is 5.43 Å². The van der Waals surface area contributed by atoms with Gasteiger partial charge in [0.05, 0.1) is 0 Å². The fourth-order valence-corrected chi connectivity index (χ4v) is 4.53. The highest BCUT2D eigenvalue weighted by Gasteiger charge is 2.39. The Morgan fingerprint density at radius 1 is 1.28 bits per heavy atom. The van der Waals surface area contributed by atoms with Crippen LogP contribution in [0.25, 0.3) is 22.4 Å². The van der Waals surface area contributed by atoms with Crippen LogP contribution < -0.4 is 5.43 Å². The lowest BCUT2D eigenvalue weighted by molar-refractivity contribution is 0.0692. The molecule has 0 amide bonds. The van der Waals surface area contributed by atoms with Gasteiger partial charge in [-0.25, -0.2) is 9.18 Å². The van der Waals surface area contributed by atoms with E-state index in [1.165, 1.54) is 6.20 Å². The minimum Gasteiger partial charge on any atom is -0.477 e. The van der Waals surface area contributed by atoms with Gasteiger partial charge in [-0.05, 0) is 36.2 Å². The molecule has 0 saturated heterocycles. The van der Waals surface area contributed by atoms with E-state index in [1.54, 1.807) is 4.57 Å². The third kappa shape index (κ3) is 2.58. The molecule has 1 unspecified atom stereocenters. The first kappa shape index (κ1) is 18.2. The normalized spacial score (nSPS) is 18.6. The Morgan fingerprint density at radius 3 is 2.62 bits per heavy atom. The zero-order valence-corrected chi connectivity index (χ0v) is 16.6. The number of rotatable bonds is 2. The van der Waals surface area contributed by atoms with E-state index in [4.69, 9.17) is 4.42 Å². The maximum Gasteiger partial charge on any atom is 0.341 e. The molecule has 5 nitrogen and oxygen atoms in total. The maximum atomic E-state index is 15.3. The van der Waals surface area contributed by atoms with E-state index in [0.29, 0.717) is 18.1 Å². The van der Waals surface area contributed by atoms with Gasteiger partial charge in [0.1, 0.15) is 16.8 Å². The average molecular weight is 395 g/mol. The summed E-state index contributed by atoms with van der Waals surface area (Å²) in [5, 5.41) is 10.3. The van der Waals surface area contributed by atoms with Crippen LogP contribution in [0.2, 0.25) is 0 Å². The molecule has 6 heteroatoms. The second-order valence-electron chi connectivity index (χ2n) is 9.24. The van der Waals surface area contributed by atoms with Gasteiger partial charge in [0.25, 0.3) is 0 Å². The van der Waals surface area contributed by atoms with Crippen molar-refractivity contribution in [3.05, 3.63) is 57.1 Å². The molecule has 1 atom stereocenters. The summed E-state index contributed by atoms with van der Waals surface area (Å²) in [5.74, 6) is -1.68. The van der Waals surface area contributed by atoms with E-state index < -0.39 is 22.8 Å². The van der Waals surface area contributed by atoms with Gasteiger partial charge >= 0.3 is 5.97 Å². The largest absolute Gasteiger partial charge is 0.477 e. The zero-order valence-electron chi connectivity index (χ0n) is 16.6. The van der Waals surface area contributed by atoms with Crippen LogP contribution in [-0.2, 0) is 6.42 Å². The first-order valence-electron chi connectivity index (χ1n) is 9.91. The molecule has 0 bridgehead atoms. The predicted octanol–water partition coefficient (Wildman–Crippen LogP) is 5.12. The number of pyridine rings is 1. The SMILES string of the molecule is CC(C)(C)C1Cc2c(oc3c(C4CC4)cccc23)-c2c(F)c(=O)c(C(=O)O)cn21. The molecule has 29 heavy (non-hydrogen) atoms. The predicted molar refractivity (Wildman–Crippen MR) is 107 cm³/mol. The van der Waals surface area contributed by atoms with Gasteiger partial charge in [-0.3, -0.25) is 4.79 Å². The standard InChI is InChI=1S/C23H22FNO4/c1-23(2,3)16-9-14-13-6-4-5-12(11-7-8-11)20(13)29-21(14)18-17(24)19(26)15(22(27)28)10-25(16)18/h4-6,10-11,16H,7-9H2,1-3H3,(H,27,28). The van der Waals surface area contributed by atoms with Gasteiger partial charge in [-0.1, -0.05) is 39.0 Å². The smallest absolute Gasteiger partial charge is 0.341 e. The van der Waals surface area contributed by atoms with Crippen molar-refractivity contribution in [3.8, 4) is 11.5 Å². The molecule has 1 fully saturated rings. The van der Waals surface area contributed by atoms with Crippen molar-refractivity contribution in [2.75, 3.05) is 0 Å². The highest BCUT2D eigenvalue weighted by molar-refractivity contribution is 5.92. The highest BCUT2D eigenvalue weighted by atomic mass is 19.1. The number of benzene rings is 1. The molecule has 2 aliphatic rings. The second kappa shape index (κ2) is 5.81. The molecular weight excluding hydrogens is 373 g/mol. The third-order valence-electron chi connectivity index (χ3n) is 6.22. The summed E-state index contributed by atoms with van der Waals surface area (Å²) in [7, 11) is 0. The number of carboxylic acid groups (broad SMARTS) is 1. The molecule has 1 aliphatic carbocycles. The molecule has 3 heterocycles. The van der Waals surface area contributed by atoms with Crippen LogP contribution in [0.3, 0.4) is 0 Å². The van der Waals surface area contributed by atoms with E-state index in [-0.39, 0.29) is 17.2 Å². The average Bonchev–Trinajstić information content (AvgIpc) is 3.42. The minimum atomic E-state index is -1.43. The fraction of sp³-hybridized carbons (Fsp3) is 0.391. The number of hydrogen-bond acceptors (Lipinski definition) is 3. The number of halogens is 1. The Hall–Kier alpha value is -2.89. The molecule has 150 valence electrons.